The molecule has 0 saturated carbocycles. The molecular weight excluding hydrogens is 367 g/mol. The van der Waals surface area contributed by atoms with Gasteiger partial charge >= 0.3 is 6.18 Å². The Kier molecular flexibility index (Phi) is 4.41. The van der Waals surface area contributed by atoms with E-state index in [1.165, 1.54) is 13.0 Å². The highest BCUT2D eigenvalue weighted by molar-refractivity contribution is 7.21. The number of rotatable bonds is 3. The molecule has 0 bridgehead atoms. The molecule has 9 heteroatoms. The Morgan fingerprint density at radius 1 is 1.12 bits per heavy atom. The molecular formula is C17H12F3N3O2S. The normalized spacial score (nSPS) is 11.5. The van der Waals surface area contributed by atoms with Crippen molar-refractivity contribution in [2.75, 3.05) is 11.1 Å². The van der Waals surface area contributed by atoms with Gasteiger partial charge in [-0.2, -0.15) is 13.2 Å². The molecule has 0 fully saturated rings. The van der Waals surface area contributed by atoms with Crippen molar-refractivity contribution in [2.24, 2.45) is 0 Å². The van der Waals surface area contributed by atoms with E-state index in [9.17, 15) is 22.8 Å². The highest BCUT2D eigenvalue weighted by Crippen LogP contribution is 2.34. The first-order valence-electron chi connectivity index (χ1n) is 7.35. The van der Waals surface area contributed by atoms with Crippen molar-refractivity contribution in [1.29, 1.82) is 0 Å². The minimum Gasteiger partial charge on any atom is -0.397 e. The molecule has 0 aliphatic heterocycles. The molecule has 2 heterocycles. The molecule has 0 atom stereocenters. The second kappa shape index (κ2) is 6.41. The van der Waals surface area contributed by atoms with Crippen molar-refractivity contribution < 1.29 is 22.8 Å². The predicted octanol–water partition coefficient (Wildman–Crippen LogP) is 4.35. The molecule has 0 unspecified atom stereocenters. The largest absolute Gasteiger partial charge is 0.416 e. The Hall–Kier alpha value is -2.94. The number of benzene rings is 1. The van der Waals surface area contributed by atoms with Gasteiger partial charge in [-0.25, -0.2) is 4.98 Å². The van der Waals surface area contributed by atoms with Crippen molar-refractivity contribution >= 4 is 44.6 Å². The summed E-state index contributed by atoms with van der Waals surface area (Å²) in [6, 6.07) is 7.22. The molecule has 0 saturated heterocycles. The van der Waals surface area contributed by atoms with Gasteiger partial charge in [-0.1, -0.05) is 0 Å². The van der Waals surface area contributed by atoms with Crippen LogP contribution in [0.25, 0.3) is 10.2 Å². The number of thiophene rings is 1. The molecule has 5 nitrogen and oxygen atoms in total. The maximum atomic E-state index is 12.6. The number of ketones is 1. The molecule has 134 valence electrons. The van der Waals surface area contributed by atoms with Crippen LogP contribution < -0.4 is 11.1 Å². The number of Topliss-reactive ketones (excluding diaryl/α,β-unsaturated/α-hetero) is 1. The Bertz CT molecular complexity index is 1010. The maximum Gasteiger partial charge on any atom is 0.416 e. The van der Waals surface area contributed by atoms with Crippen molar-refractivity contribution in [3.05, 3.63) is 52.5 Å². The van der Waals surface area contributed by atoms with E-state index in [0.717, 1.165) is 35.6 Å². The zero-order chi connectivity index (χ0) is 19.1. The zero-order valence-electron chi connectivity index (χ0n) is 13.3. The first kappa shape index (κ1) is 17.9. The van der Waals surface area contributed by atoms with Gasteiger partial charge < -0.3 is 11.1 Å². The summed E-state index contributed by atoms with van der Waals surface area (Å²) in [6.07, 6.45) is -4.45. The number of carbonyl (C=O) groups excluding carboxylic acids is 2. The average molecular weight is 379 g/mol. The van der Waals surface area contributed by atoms with E-state index in [-0.39, 0.29) is 27.7 Å². The molecule has 0 radical (unpaired) electrons. The Morgan fingerprint density at radius 2 is 1.77 bits per heavy atom. The first-order chi connectivity index (χ1) is 12.2. The number of anilines is 2. The topological polar surface area (TPSA) is 85.1 Å². The number of nitrogens with zero attached hydrogens (tertiary/aromatic N) is 1. The molecule has 0 aliphatic rings. The van der Waals surface area contributed by atoms with Gasteiger partial charge in [0.25, 0.3) is 5.91 Å². The molecule has 1 amide bonds. The van der Waals surface area contributed by atoms with E-state index >= 15 is 0 Å². The number of alkyl halides is 3. The number of pyridine rings is 1. The van der Waals surface area contributed by atoms with Gasteiger partial charge in [0, 0.05) is 18.0 Å². The van der Waals surface area contributed by atoms with Gasteiger partial charge in [0.05, 0.1) is 11.3 Å². The molecule has 3 N–H and O–H groups in total. The Labute approximate surface area is 149 Å². The van der Waals surface area contributed by atoms with Crippen LogP contribution in [0.5, 0.6) is 0 Å². The quantitative estimate of drug-likeness (QED) is 0.663. The monoisotopic (exact) mass is 379 g/mol. The predicted molar refractivity (Wildman–Crippen MR) is 93.4 cm³/mol. The van der Waals surface area contributed by atoms with Crippen molar-refractivity contribution in [3.63, 3.8) is 0 Å². The number of nitrogens with one attached hydrogen (secondary N) is 1. The molecule has 1 aromatic carbocycles. The van der Waals surface area contributed by atoms with Gasteiger partial charge in [0.1, 0.15) is 15.4 Å². The molecule has 3 aromatic rings. The molecule has 3 rings (SSSR count). The van der Waals surface area contributed by atoms with Crippen molar-refractivity contribution in [1.82, 2.24) is 4.98 Å². The fourth-order valence-electron chi connectivity index (χ4n) is 2.29. The summed E-state index contributed by atoms with van der Waals surface area (Å²) in [7, 11) is 0. The minimum atomic E-state index is -4.45. The van der Waals surface area contributed by atoms with Crippen LogP contribution >= 0.6 is 11.3 Å². The highest BCUT2D eigenvalue weighted by atomic mass is 32.1. The second-order valence-corrected chi connectivity index (χ2v) is 6.48. The highest BCUT2D eigenvalue weighted by Gasteiger charge is 2.30. The number of nitrogens with two attached hydrogens (primary N) is 1. The van der Waals surface area contributed by atoms with Crippen LogP contribution in [-0.2, 0) is 6.18 Å². The summed E-state index contributed by atoms with van der Waals surface area (Å²) >= 11 is 1.01. The minimum absolute atomic E-state index is 0.174. The lowest BCUT2D eigenvalue weighted by Gasteiger charge is -2.08. The number of aromatic nitrogens is 1. The fraction of sp³-hybridized carbons (Fsp3) is 0.118. The lowest BCUT2D eigenvalue weighted by Crippen LogP contribution is -2.12. The van der Waals surface area contributed by atoms with Crippen LogP contribution in [-0.4, -0.2) is 16.7 Å². The second-order valence-electron chi connectivity index (χ2n) is 5.48. The number of fused-ring (bicyclic) bond motifs is 1. The van der Waals surface area contributed by atoms with Gasteiger partial charge in [0.2, 0.25) is 0 Å². The van der Waals surface area contributed by atoms with E-state index in [4.69, 9.17) is 5.73 Å². The van der Waals surface area contributed by atoms with E-state index < -0.39 is 17.6 Å². The molecule has 0 spiro atoms. The number of carbonyl (C=O) groups is 2. The summed E-state index contributed by atoms with van der Waals surface area (Å²) in [5, 5.41) is 3.04. The van der Waals surface area contributed by atoms with Crippen LogP contribution in [0.2, 0.25) is 0 Å². The van der Waals surface area contributed by atoms with Crippen molar-refractivity contribution in [3.8, 4) is 0 Å². The number of halogens is 3. The third-order valence-electron chi connectivity index (χ3n) is 3.63. The summed E-state index contributed by atoms with van der Waals surface area (Å²) in [6.45, 7) is 1.38. The van der Waals surface area contributed by atoms with Gasteiger partial charge in [0.15, 0.2) is 5.78 Å². The number of hydrogen-bond acceptors (Lipinski definition) is 5. The van der Waals surface area contributed by atoms with Crippen LogP contribution in [0.15, 0.2) is 36.4 Å². The van der Waals surface area contributed by atoms with Crippen molar-refractivity contribution in [2.45, 2.75) is 13.1 Å². The lowest BCUT2D eigenvalue weighted by atomic mass is 10.2. The Morgan fingerprint density at radius 3 is 2.35 bits per heavy atom. The van der Waals surface area contributed by atoms with Gasteiger partial charge in [-0.15, -0.1) is 11.3 Å². The van der Waals surface area contributed by atoms with E-state index in [2.05, 4.69) is 10.3 Å². The molecule has 2 aromatic heterocycles. The van der Waals surface area contributed by atoms with E-state index in [0.29, 0.717) is 10.2 Å². The first-order valence-corrected chi connectivity index (χ1v) is 8.17. The number of nitrogen functional groups attached to an aromatic ring is 1. The third-order valence-corrected chi connectivity index (χ3v) is 4.74. The average Bonchev–Trinajstić information content (AvgIpc) is 2.91. The Balaban J connectivity index is 1.88. The molecule has 26 heavy (non-hydrogen) atoms. The smallest absolute Gasteiger partial charge is 0.397 e. The fourth-order valence-corrected chi connectivity index (χ4v) is 3.28. The van der Waals surface area contributed by atoms with Gasteiger partial charge in [-0.3, -0.25) is 9.59 Å². The van der Waals surface area contributed by atoms with E-state index in [1.54, 1.807) is 6.07 Å². The van der Waals surface area contributed by atoms with Crippen LogP contribution in [0, 0.1) is 0 Å². The number of amides is 1. The van der Waals surface area contributed by atoms with Crippen LogP contribution in [0.4, 0.5) is 24.5 Å². The lowest BCUT2D eigenvalue weighted by molar-refractivity contribution is -0.137. The standard InChI is InChI=1S/C17H12F3N3O2S/c1-8(24)12-7-6-11-13(21)14(26-16(11)23-12)15(25)22-10-4-2-9(3-5-10)17(18,19)20/h2-7H,21H2,1H3,(H,22,25). The third kappa shape index (κ3) is 3.38. The van der Waals surface area contributed by atoms with Crippen LogP contribution in [0.3, 0.4) is 0 Å². The SMILES string of the molecule is CC(=O)c1ccc2c(N)c(C(=O)Nc3ccc(C(F)(F)F)cc3)sc2n1. The summed E-state index contributed by atoms with van der Waals surface area (Å²) in [5.74, 6) is -0.774. The summed E-state index contributed by atoms with van der Waals surface area (Å²) in [5.41, 5.74) is 5.84. The summed E-state index contributed by atoms with van der Waals surface area (Å²) < 4.78 is 37.7. The zero-order valence-corrected chi connectivity index (χ0v) is 14.2. The molecule has 0 aliphatic carbocycles. The number of hydrogen-bond donors (Lipinski definition) is 2. The van der Waals surface area contributed by atoms with Gasteiger partial charge in [-0.05, 0) is 36.4 Å². The van der Waals surface area contributed by atoms with E-state index in [1.807, 2.05) is 0 Å². The van der Waals surface area contributed by atoms with Crippen LogP contribution in [0.1, 0.15) is 32.6 Å². The summed E-state index contributed by atoms with van der Waals surface area (Å²) in [4.78, 5) is 28.6. The maximum absolute atomic E-state index is 12.6.